The standard InChI is InChI=1S/C20H23N5O2/c1-14-17(26)8-7-15(19(14)27)21-18-16-6-4-5-9-24(16)22-20(18)23-10-12-25(2,3)13-11-23/h4-9H,10-13H2,1-3H3/p+1/b21-15+. The third-order valence-electron chi connectivity index (χ3n) is 5.34. The summed E-state index contributed by atoms with van der Waals surface area (Å²) in [7, 11) is 4.47. The van der Waals surface area contributed by atoms with E-state index in [2.05, 4.69) is 19.0 Å². The minimum Gasteiger partial charge on any atom is -0.505 e. The molecular weight excluding hydrogens is 342 g/mol. The first-order chi connectivity index (χ1) is 12.9. The quantitative estimate of drug-likeness (QED) is 0.654. The number of carbonyl (C=O) groups excluding carboxylic acids is 1. The molecule has 0 atom stereocenters. The van der Waals surface area contributed by atoms with Gasteiger partial charge in [-0.3, -0.25) is 4.79 Å². The minimum absolute atomic E-state index is 0.0693. The zero-order valence-electron chi connectivity index (χ0n) is 15.9. The molecule has 0 saturated carbocycles. The van der Waals surface area contributed by atoms with Crippen molar-refractivity contribution >= 4 is 28.5 Å². The molecule has 4 rings (SSSR count). The van der Waals surface area contributed by atoms with Gasteiger partial charge >= 0.3 is 0 Å². The maximum Gasteiger partial charge on any atom is 0.185 e. The van der Waals surface area contributed by atoms with Gasteiger partial charge in [0.05, 0.1) is 45.8 Å². The highest BCUT2D eigenvalue weighted by Gasteiger charge is 2.28. The van der Waals surface area contributed by atoms with Gasteiger partial charge in [0.2, 0.25) is 0 Å². The van der Waals surface area contributed by atoms with E-state index in [-0.39, 0.29) is 11.5 Å². The molecule has 2 aromatic heterocycles. The van der Waals surface area contributed by atoms with E-state index >= 15 is 0 Å². The van der Waals surface area contributed by atoms with Crippen LogP contribution in [0.4, 0.5) is 11.5 Å². The number of pyridine rings is 1. The van der Waals surface area contributed by atoms with Crippen LogP contribution in [-0.4, -0.2) is 71.0 Å². The normalized spacial score (nSPS) is 21.5. The highest BCUT2D eigenvalue weighted by molar-refractivity contribution is 6.21. The number of hydrogen-bond acceptors (Lipinski definition) is 5. The summed E-state index contributed by atoms with van der Waals surface area (Å²) in [5, 5.41) is 15.1. The second-order valence-corrected chi connectivity index (χ2v) is 7.74. The van der Waals surface area contributed by atoms with Crippen molar-refractivity contribution in [3.05, 3.63) is 47.9 Å². The van der Waals surface area contributed by atoms with E-state index in [1.165, 1.54) is 6.08 Å². The average molecular weight is 366 g/mol. The van der Waals surface area contributed by atoms with E-state index in [4.69, 9.17) is 10.1 Å². The summed E-state index contributed by atoms with van der Waals surface area (Å²) >= 11 is 0. The number of ketones is 1. The molecule has 0 spiro atoms. The topological polar surface area (TPSA) is 70.2 Å². The minimum atomic E-state index is -0.192. The number of likely N-dealkylation sites (N-methyl/N-ethyl adjacent to an activating group) is 1. The number of allylic oxidation sites excluding steroid dienone is 3. The van der Waals surface area contributed by atoms with Crippen LogP contribution >= 0.6 is 0 Å². The predicted molar refractivity (Wildman–Crippen MR) is 106 cm³/mol. The van der Waals surface area contributed by atoms with Crippen molar-refractivity contribution in [2.45, 2.75) is 6.92 Å². The van der Waals surface area contributed by atoms with Crippen LogP contribution in [0.5, 0.6) is 0 Å². The lowest BCUT2D eigenvalue weighted by atomic mass is 10.0. The number of aliphatic hydroxyl groups is 1. The van der Waals surface area contributed by atoms with Crippen molar-refractivity contribution in [2.24, 2.45) is 4.99 Å². The molecule has 2 aromatic rings. The smallest absolute Gasteiger partial charge is 0.185 e. The zero-order chi connectivity index (χ0) is 19.2. The third-order valence-corrected chi connectivity index (χ3v) is 5.34. The number of nitrogens with zero attached hydrogens (tertiary/aromatic N) is 5. The maximum absolute atomic E-state index is 11.8. The maximum atomic E-state index is 11.8. The summed E-state index contributed by atoms with van der Waals surface area (Å²) in [5.41, 5.74) is 2.29. The first kappa shape index (κ1) is 17.5. The SMILES string of the molecule is CC1=C(O)/C(=N/c2c(N3CC[N+](C)(C)CC3)nn3ccccc23)C=CC1=O. The van der Waals surface area contributed by atoms with Gasteiger partial charge in [0.15, 0.2) is 11.6 Å². The summed E-state index contributed by atoms with van der Waals surface area (Å²) in [5.74, 6) is 0.548. The van der Waals surface area contributed by atoms with E-state index in [0.717, 1.165) is 47.7 Å². The lowest BCUT2D eigenvalue weighted by Gasteiger charge is -2.39. The fraction of sp³-hybridized carbons (Fsp3) is 0.350. The van der Waals surface area contributed by atoms with Crippen LogP contribution in [0.1, 0.15) is 6.92 Å². The Morgan fingerprint density at radius 2 is 1.93 bits per heavy atom. The molecule has 0 amide bonds. The predicted octanol–water partition coefficient (Wildman–Crippen LogP) is 2.27. The van der Waals surface area contributed by atoms with Gasteiger partial charge < -0.3 is 14.5 Å². The fourth-order valence-electron chi connectivity index (χ4n) is 3.39. The lowest BCUT2D eigenvalue weighted by molar-refractivity contribution is -0.890. The number of fused-ring (bicyclic) bond motifs is 1. The van der Waals surface area contributed by atoms with Crippen molar-refractivity contribution in [1.82, 2.24) is 9.61 Å². The van der Waals surface area contributed by atoms with Gasteiger partial charge in [0, 0.05) is 11.8 Å². The Bertz CT molecular complexity index is 1000. The fourth-order valence-corrected chi connectivity index (χ4v) is 3.39. The first-order valence-electron chi connectivity index (χ1n) is 9.11. The molecule has 0 radical (unpaired) electrons. The van der Waals surface area contributed by atoms with Gasteiger partial charge in [-0.25, -0.2) is 9.51 Å². The van der Waals surface area contributed by atoms with Gasteiger partial charge in [-0.05, 0) is 31.2 Å². The third kappa shape index (κ3) is 3.14. The molecule has 3 heterocycles. The van der Waals surface area contributed by atoms with Crippen LogP contribution in [0, 0.1) is 0 Å². The highest BCUT2D eigenvalue weighted by atomic mass is 16.3. The summed E-state index contributed by atoms with van der Waals surface area (Å²) in [6.07, 6.45) is 4.91. The Morgan fingerprint density at radius 3 is 2.67 bits per heavy atom. The van der Waals surface area contributed by atoms with Crippen LogP contribution in [0.2, 0.25) is 0 Å². The molecule has 7 heteroatoms. The zero-order valence-corrected chi connectivity index (χ0v) is 15.9. The Morgan fingerprint density at radius 1 is 1.19 bits per heavy atom. The van der Waals surface area contributed by atoms with Crippen LogP contribution in [0.3, 0.4) is 0 Å². The number of carbonyl (C=O) groups is 1. The van der Waals surface area contributed by atoms with Crippen LogP contribution in [-0.2, 0) is 4.79 Å². The number of piperazine rings is 1. The number of aliphatic hydroxyl groups excluding tert-OH is 1. The molecule has 140 valence electrons. The molecule has 1 saturated heterocycles. The average Bonchev–Trinajstić information content (AvgIpc) is 3.01. The molecule has 1 fully saturated rings. The molecular formula is C20H24N5O2+. The Hall–Kier alpha value is -2.93. The van der Waals surface area contributed by atoms with E-state index in [1.807, 2.05) is 28.9 Å². The number of aromatic nitrogens is 2. The molecule has 1 aliphatic heterocycles. The Balaban J connectivity index is 1.82. The first-order valence-corrected chi connectivity index (χ1v) is 9.11. The Labute approximate surface area is 158 Å². The molecule has 1 N–H and O–H groups in total. The molecule has 0 bridgehead atoms. The number of rotatable bonds is 2. The van der Waals surface area contributed by atoms with Gasteiger partial charge in [0.25, 0.3) is 0 Å². The van der Waals surface area contributed by atoms with Crippen molar-refractivity contribution < 1.29 is 14.4 Å². The van der Waals surface area contributed by atoms with Gasteiger partial charge in [-0.15, -0.1) is 5.10 Å². The monoisotopic (exact) mass is 366 g/mol. The molecule has 0 unspecified atom stereocenters. The molecule has 1 aliphatic carbocycles. The molecule has 7 nitrogen and oxygen atoms in total. The number of anilines is 1. The van der Waals surface area contributed by atoms with E-state index < -0.39 is 0 Å². The lowest BCUT2D eigenvalue weighted by Crippen LogP contribution is -2.55. The molecule has 27 heavy (non-hydrogen) atoms. The summed E-state index contributed by atoms with van der Waals surface area (Å²) in [6.45, 7) is 5.46. The second kappa shape index (κ2) is 6.35. The summed E-state index contributed by atoms with van der Waals surface area (Å²) in [4.78, 5) is 18.7. The van der Waals surface area contributed by atoms with Gasteiger partial charge in [0.1, 0.15) is 17.2 Å². The van der Waals surface area contributed by atoms with Crippen LogP contribution < -0.4 is 4.90 Å². The molecule has 0 aromatic carbocycles. The van der Waals surface area contributed by atoms with E-state index in [1.54, 1.807) is 13.0 Å². The van der Waals surface area contributed by atoms with Crippen molar-refractivity contribution in [2.75, 3.05) is 45.2 Å². The van der Waals surface area contributed by atoms with E-state index in [9.17, 15) is 9.90 Å². The number of hydrogen-bond donors (Lipinski definition) is 1. The van der Waals surface area contributed by atoms with Crippen LogP contribution in [0.25, 0.3) is 5.52 Å². The van der Waals surface area contributed by atoms with Crippen molar-refractivity contribution in [3.63, 3.8) is 0 Å². The van der Waals surface area contributed by atoms with Gasteiger partial charge in [-0.1, -0.05) is 6.07 Å². The largest absolute Gasteiger partial charge is 0.505 e. The number of quaternary nitrogens is 1. The van der Waals surface area contributed by atoms with Crippen molar-refractivity contribution in [3.8, 4) is 0 Å². The highest BCUT2D eigenvalue weighted by Crippen LogP contribution is 2.34. The summed E-state index contributed by atoms with van der Waals surface area (Å²) in [6, 6.07) is 5.84. The molecule has 2 aliphatic rings. The Kier molecular flexibility index (Phi) is 4.11. The van der Waals surface area contributed by atoms with Crippen molar-refractivity contribution in [1.29, 1.82) is 0 Å². The van der Waals surface area contributed by atoms with Crippen LogP contribution in [0.15, 0.2) is 52.9 Å². The van der Waals surface area contributed by atoms with E-state index in [0.29, 0.717) is 11.3 Å². The second-order valence-electron chi connectivity index (χ2n) is 7.74. The number of aliphatic imine (C=N–C) groups is 1. The van der Waals surface area contributed by atoms with Gasteiger partial charge in [-0.2, -0.15) is 0 Å². The summed E-state index contributed by atoms with van der Waals surface area (Å²) < 4.78 is 2.80.